The molecule has 0 bridgehead atoms. The summed E-state index contributed by atoms with van der Waals surface area (Å²) in [5.41, 5.74) is 2.29. The Morgan fingerprint density at radius 3 is 2.30 bits per heavy atom. The van der Waals surface area contributed by atoms with Crippen molar-refractivity contribution in [1.82, 2.24) is 4.98 Å². The molecule has 0 spiro atoms. The number of Topliss-reactive ketones (excluding diaryl/α,β-unsaturated/α-hetero) is 1. The second-order valence-corrected chi connectivity index (χ2v) is 9.69. The van der Waals surface area contributed by atoms with E-state index in [0.717, 1.165) is 11.1 Å². The molecular formula is C26H26N2O4S. The number of carbonyl (C=O) groups excluding carboxylic acids is 2. The summed E-state index contributed by atoms with van der Waals surface area (Å²) in [6.45, 7) is 8.77. The Balaban J connectivity index is 1.85. The van der Waals surface area contributed by atoms with Crippen molar-refractivity contribution < 1.29 is 19.4 Å². The van der Waals surface area contributed by atoms with Crippen LogP contribution < -0.4 is 9.64 Å². The average molecular weight is 463 g/mol. The maximum atomic E-state index is 13.1. The second-order valence-electron chi connectivity index (χ2n) is 8.81. The summed E-state index contributed by atoms with van der Waals surface area (Å²) in [5, 5.41) is 13.3. The van der Waals surface area contributed by atoms with E-state index in [9.17, 15) is 14.7 Å². The van der Waals surface area contributed by atoms with E-state index in [4.69, 9.17) is 4.74 Å². The van der Waals surface area contributed by atoms with Gasteiger partial charge in [-0.3, -0.25) is 14.5 Å². The van der Waals surface area contributed by atoms with E-state index >= 15 is 0 Å². The van der Waals surface area contributed by atoms with Gasteiger partial charge in [0.05, 0.1) is 18.2 Å². The van der Waals surface area contributed by atoms with Crippen LogP contribution in [0.1, 0.15) is 50.4 Å². The SMILES string of the molecule is CCOc1ccc(C(O)=C2C(=O)C(=O)N(c3nccs3)[C@@H]2c2ccc(C(C)(C)C)cc2)cc1. The fourth-order valence-electron chi connectivity index (χ4n) is 3.88. The zero-order valence-electron chi connectivity index (χ0n) is 19.0. The van der Waals surface area contributed by atoms with Gasteiger partial charge in [-0.05, 0) is 47.7 Å². The molecule has 33 heavy (non-hydrogen) atoms. The molecule has 0 radical (unpaired) electrons. The molecule has 2 aromatic carbocycles. The van der Waals surface area contributed by atoms with Gasteiger partial charge in [-0.2, -0.15) is 0 Å². The Morgan fingerprint density at radius 1 is 1.09 bits per heavy atom. The number of benzene rings is 2. The standard InChI is InChI=1S/C26H26N2O4S/c1-5-32-19-12-8-17(9-13-19)22(29)20-21(16-6-10-18(11-7-16)26(2,3)4)28(24(31)23(20)30)25-27-14-15-33-25/h6-15,21,29H,5H2,1-4H3/t21-/m1/s1. The number of aromatic nitrogens is 1. The number of carbonyl (C=O) groups is 2. The first-order valence-corrected chi connectivity index (χ1v) is 11.6. The summed E-state index contributed by atoms with van der Waals surface area (Å²) in [7, 11) is 0. The second kappa shape index (κ2) is 8.83. The number of nitrogens with zero attached hydrogens (tertiary/aromatic N) is 2. The lowest BCUT2D eigenvalue weighted by molar-refractivity contribution is -0.132. The summed E-state index contributed by atoms with van der Waals surface area (Å²) < 4.78 is 5.47. The molecule has 1 aliphatic heterocycles. The van der Waals surface area contributed by atoms with Crippen LogP contribution in [0.3, 0.4) is 0 Å². The van der Waals surface area contributed by atoms with Gasteiger partial charge in [-0.25, -0.2) is 4.98 Å². The molecule has 3 aromatic rings. The van der Waals surface area contributed by atoms with Crippen LogP contribution in [-0.2, 0) is 15.0 Å². The van der Waals surface area contributed by atoms with Crippen LogP contribution in [-0.4, -0.2) is 28.4 Å². The van der Waals surface area contributed by atoms with Crippen LogP contribution >= 0.6 is 11.3 Å². The Bertz CT molecular complexity index is 1190. The summed E-state index contributed by atoms with van der Waals surface area (Å²) in [5.74, 6) is -1.00. The smallest absolute Gasteiger partial charge is 0.301 e. The van der Waals surface area contributed by atoms with Crippen LogP contribution in [0.15, 0.2) is 65.7 Å². The molecule has 1 aliphatic rings. The zero-order valence-corrected chi connectivity index (χ0v) is 19.8. The van der Waals surface area contributed by atoms with Gasteiger partial charge in [0, 0.05) is 17.1 Å². The van der Waals surface area contributed by atoms with Crippen LogP contribution in [0.5, 0.6) is 5.75 Å². The minimum atomic E-state index is -0.781. The fourth-order valence-corrected chi connectivity index (χ4v) is 4.54. The molecule has 0 unspecified atom stereocenters. The molecule has 0 aliphatic carbocycles. The number of anilines is 1. The highest BCUT2D eigenvalue weighted by Gasteiger charge is 2.48. The van der Waals surface area contributed by atoms with Gasteiger partial charge in [0.25, 0.3) is 5.78 Å². The maximum Gasteiger partial charge on any atom is 0.301 e. The van der Waals surface area contributed by atoms with Crippen molar-refractivity contribution in [2.75, 3.05) is 11.5 Å². The number of aliphatic hydroxyl groups is 1. The first-order valence-electron chi connectivity index (χ1n) is 10.8. The highest BCUT2D eigenvalue weighted by atomic mass is 32.1. The molecule has 170 valence electrons. The molecule has 2 heterocycles. The van der Waals surface area contributed by atoms with Crippen molar-refractivity contribution in [3.63, 3.8) is 0 Å². The number of amides is 1. The van der Waals surface area contributed by atoms with Gasteiger partial charge < -0.3 is 9.84 Å². The monoisotopic (exact) mass is 462 g/mol. The third-order valence-corrected chi connectivity index (χ3v) is 6.37. The van der Waals surface area contributed by atoms with Gasteiger partial charge >= 0.3 is 5.91 Å². The highest BCUT2D eigenvalue weighted by Crippen LogP contribution is 2.43. The third kappa shape index (κ3) is 4.28. The van der Waals surface area contributed by atoms with Crippen molar-refractivity contribution in [2.45, 2.75) is 39.2 Å². The normalized spacial score (nSPS) is 18.1. The number of hydrogen-bond acceptors (Lipinski definition) is 6. The largest absolute Gasteiger partial charge is 0.507 e. The number of hydrogen-bond donors (Lipinski definition) is 1. The predicted molar refractivity (Wildman–Crippen MR) is 130 cm³/mol. The summed E-state index contributed by atoms with van der Waals surface area (Å²) in [6, 6.07) is 13.8. The van der Waals surface area contributed by atoms with Gasteiger partial charge in [0.2, 0.25) is 0 Å². The van der Waals surface area contributed by atoms with E-state index in [1.165, 1.54) is 16.2 Å². The molecule has 1 aromatic heterocycles. The number of rotatable bonds is 5. The molecule has 1 fully saturated rings. The molecule has 7 heteroatoms. The van der Waals surface area contributed by atoms with Crippen molar-refractivity contribution >= 4 is 33.9 Å². The Kier molecular flexibility index (Phi) is 6.08. The van der Waals surface area contributed by atoms with Crippen LogP contribution in [0.2, 0.25) is 0 Å². The minimum absolute atomic E-state index is 0.0437. The Hall–Kier alpha value is -3.45. The first kappa shape index (κ1) is 22.7. The Labute approximate surface area is 197 Å². The number of aliphatic hydroxyl groups excluding tert-OH is 1. The van der Waals surface area contributed by atoms with Crippen molar-refractivity contribution in [3.8, 4) is 5.75 Å². The molecule has 1 amide bonds. The maximum absolute atomic E-state index is 13.1. The van der Waals surface area contributed by atoms with E-state index < -0.39 is 17.7 Å². The van der Waals surface area contributed by atoms with Gasteiger partial charge in [0.1, 0.15) is 11.5 Å². The molecule has 4 rings (SSSR count). The van der Waals surface area contributed by atoms with Gasteiger partial charge in [-0.15, -0.1) is 11.3 Å². The topological polar surface area (TPSA) is 79.7 Å². The van der Waals surface area contributed by atoms with Gasteiger partial charge in [-0.1, -0.05) is 45.0 Å². The van der Waals surface area contributed by atoms with E-state index in [0.29, 0.717) is 23.1 Å². The van der Waals surface area contributed by atoms with E-state index in [-0.39, 0.29) is 16.7 Å². The number of ketones is 1. The van der Waals surface area contributed by atoms with E-state index in [1.807, 2.05) is 31.2 Å². The predicted octanol–water partition coefficient (Wildman–Crippen LogP) is 5.47. The summed E-state index contributed by atoms with van der Waals surface area (Å²) in [6.07, 6.45) is 1.59. The van der Waals surface area contributed by atoms with Crippen molar-refractivity contribution in [1.29, 1.82) is 0 Å². The zero-order chi connectivity index (χ0) is 23.8. The van der Waals surface area contributed by atoms with Crippen molar-refractivity contribution in [2.24, 2.45) is 0 Å². The number of thiazole rings is 1. The number of ether oxygens (including phenoxy) is 1. The molecule has 0 saturated carbocycles. The Morgan fingerprint density at radius 2 is 1.76 bits per heavy atom. The van der Waals surface area contributed by atoms with E-state index in [1.54, 1.807) is 35.8 Å². The minimum Gasteiger partial charge on any atom is -0.507 e. The molecule has 1 N–H and O–H groups in total. The lowest BCUT2D eigenvalue weighted by Crippen LogP contribution is -2.29. The van der Waals surface area contributed by atoms with Gasteiger partial charge in [0.15, 0.2) is 5.13 Å². The third-order valence-electron chi connectivity index (χ3n) is 5.60. The fraction of sp³-hybridized carbons (Fsp3) is 0.269. The summed E-state index contributed by atoms with van der Waals surface area (Å²) >= 11 is 1.27. The van der Waals surface area contributed by atoms with E-state index in [2.05, 4.69) is 25.8 Å². The summed E-state index contributed by atoms with van der Waals surface area (Å²) in [4.78, 5) is 31.9. The average Bonchev–Trinajstić information content (AvgIpc) is 3.40. The lowest BCUT2D eigenvalue weighted by Gasteiger charge is -2.24. The molecule has 1 saturated heterocycles. The molecule has 1 atom stereocenters. The van der Waals surface area contributed by atoms with Crippen LogP contribution in [0.4, 0.5) is 5.13 Å². The van der Waals surface area contributed by atoms with Crippen molar-refractivity contribution in [3.05, 3.63) is 82.4 Å². The molecule has 6 nitrogen and oxygen atoms in total. The highest BCUT2D eigenvalue weighted by molar-refractivity contribution is 7.14. The first-order chi connectivity index (χ1) is 15.7. The van der Waals surface area contributed by atoms with Crippen LogP contribution in [0, 0.1) is 0 Å². The lowest BCUT2D eigenvalue weighted by atomic mass is 9.85. The van der Waals surface area contributed by atoms with Crippen LogP contribution in [0.25, 0.3) is 5.76 Å². The quantitative estimate of drug-likeness (QED) is 0.309. The molecular weight excluding hydrogens is 436 g/mol.